The number of hydrogen-bond acceptors (Lipinski definition) is 1. The van der Waals surface area contributed by atoms with Crippen molar-refractivity contribution in [1.29, 1.82) is 0 Å². The molecule has 5 heteroatoms. The summed E-state index contributed by atoms with van der Waals surface area (Å²) < 4.78 is 41.1. The highest BCUT2D eigenvalue weighted by atomic mass is 19.1. The number of halogens is 3. The van der Waals surface area contributed by atoms with Crippen molar-refractivity contribution >= 4 is 11.6 Å². The third kappa shape index (κ3) is 2.14. The molecule has 0 spiro atoms. The summed E-state index contributed by atoms with van der Waals surface area (Å²) in [6.45, 7) is 0.325. The Hall–Kier alpha value is -2.30. The van der Waals surface area contributed by atoms with Crippen molar-refractivity contribution in [3.05, 3.63) is 65.0 Å². The van der Waals surface area contributed by atoms with E-state index in [1.54, 1.807) is 12.1 Å². The van der Waals surface area contributed by atoms with Gasteiger partial charge in [0.2, 0.25) is 5.91 Å². The standard InChI is InChI=1S/C19H16F3NO/c20-13-4-1-3-12(9-13)19(6-2-7-19)18(24)23-8-5-15-16(22)10-14(21)11-17(15)23/h1,3-4,9-11H,2,5-8H2. The highest BCUT2D eigenvalue weighted by Gasteiger charge is 2.49. The summed E-state index contributed by atoms with van der Waals surface area (Å²) in [7, 11) is 0. The van der Waals surface area contributed by atoms with Gasteiger partial charge in [0.05, 0.1) is 11.1 Å². The number of rotatable bonds is 2. The Balaban J connectivity index is 1.75. The number of benzene rings is 2. The first kappa shape index (κ1) is 15.2. The quantitative estimate of drug-likeness (QED) is 0.811. The van der Waals surface area contributed by atoms with Gasteiger partial charge in [-0.25, -0.2) is 13.2 Å². The third-order valence-electron chi connectivity index (χ3n) is 5.25. The molecular formula is C19H16F3NO. The van der Waals surface area contributed by atoms with Crippen LogP contribution in [0.15, 0.2) is 36.4 Å². The van der Waals surface area contributed by atoms with Crippen LogP contribution in [0.5, 0.6) is 0 Å². The molecule has 124 valence electrons. The smallest absolute Gasteiger partial charge is 0.237 e. The maximum absolute atomic E-state index is 13.9. The summed E-state index contributed by atoms with van der Waals surface area (Å²) in [4.78, 5) is 14.7. The second kappa shape index (κ2) is 5.36. The molecule has 0 saturated heterocycles. The molecule has 1 amide bonds. The molecule has 2 aliphatic rings. The Morgan fingerprint density at radius 3 is 2.50 bits per heavy atom. The molecule has 1 saturated carbocycles. The second-order valence-corrected chi connectivity index (χ2v) is 6.54. The van der Waals surface area contributed by atoms with Crippen LogP contribution in [0.25, 0.3) is 0 Å². The zero-order valence-electron chi connectivity index (χ0n) is 13.0. The lowest BCUT2D eigenvalue weighted by molar-refractivity contribution is -0.127. The zero-order valence-corrected chi connectivity index (χ0v) is 13.0. The molecule has 2 aromatic carbocycles. The van der Waals surface area contributed by atoms with Gasteiger partial charge in [-0.1, -0.05) is 18.6 Å². The number of fused-ring (bicyclic) bond motifs is 1. The minimum atomic E-state index is -0.785. The van der Waals surface area contributed by atoms with E-state index in [9.17, 15) is 18.0 Å². The van der Waals surface area contributed by atoms with Crippen LogP contribution >= 0.6 is 0 Å². The van der Waals surface area contributed by atoms with E-state index < -0.39 is 17.0 Å². The predicted octanol–water partition coefficient (Wildman–Crippen LogP) is 4.11. The Kier molecular flexibility index (Phi) is 3.41. The largest absolute Gasteiger partial charge is 0.311 e. The van der Waals surface area contributed by atoms with E-state index in [1.807, 2.05) is 0 Å². The van der Waals surface area contributed by atoms with Crippen LogP contribution in [0.1, 0.15) is 30.4 Å². The van der Waals surface area contributed by atoms with Crippen LogP contribution < -0.4 is 4.90 Å². The van der Waals surface area contributed by atoms with E-state index in [-0.39, 0.29) is 11.7 Å². The van der Waals surface area contributed by atoms with Gasteiger partial charge in [0, 0.05) is 18.2 Å². The fourth-order valence-corrected chi connectivity index (χ4v) is 3.83. The van der Waals surface area contributed by atoms with Gasteiger partial charge in [0.25, 0.3) is 0 Å². The van der Waals surface area contributed by atoms with Crippen molar-refractivity contribution in [2.45, 2.75) is 31.1 Å². The molecule has 0 unspecified atom stereocenters. The molecule has 1 fully saturated rings. The van der Waals surface area contributed by atoms with E-state index in [2.05, 4.69) is 0 Å². The number of amides is 1. The van der Waals surface area contributed by atoms with Gasteiger partial charge in [0.15, 0.2) is 0 Å². The highest BCUT2D eigenvalue weighted by molar-refractivity contribution is 6.03. The average Bonchev–Trinajstić information content (AvgIpc) is 2.90. The van der Waals surface area contributed by atoms with Crippen molar-refractivity contribution in [1.82, 2.24) is 0 Å². The van der Waals surface area contributed by atoms with Crippen LogP contribution in [-0.4, -0.2) is 12.5 Å². The van der Waals surface area contributed by atoms with Gasteiger partial charge in [0.1, 0.15) is 17.5 Å². The van der Waals surface area contributed by atoms with Crippen LogP contribution in [0.2, 0.25) is 0 Å². The molecular weight excluding hydrogens is 315 g/mol. The fourth-order valence-electron chi connectivity index (χ4n) is 3.83. The number of carbonyl (C=O) groups is 1. The lowest BCUT2D eigenvalue weighted by Gasteiger charge is -2.43. The van der Waals surface area contributed by atoms with Crippen molar-refractivity contribution in [3.8, 4) is 0 Å². The summed E-state index contributed by atoms with van der Waals surface area (Å²) >= 11 is 0. The first-order chi connectivity index (χ1) is 11.5. The van der Waals surface area contributed by atoms with Gasteiger partial charge in [-0.2, -0.15) is 0 Å². The van der Waals surface area contributed by atoms with E-state index in [0.717, 1.165) is 12.5 Å². The maximum Gasteiger partial charge on any atom is 0.237 e. The van der Waals surface area contributed by atoms with E-state index >= 15 is 0 Å². The molecule has 1 heterocycles. The van der Waals surface area contributed by atoms with Gasteiger partial charge < -0.3 is 4.90 Å². The maximum atomic E-state index is 13.9. The molecule has 4 rings (SSSR count). The third-order valence-corrected chi connectivity index (χ3v) is 5.25. The highest BCUT2D eigenvalue weighted by Crippen LogP contribution is 2.47. The minimum Gasteiger partial charge on any atom is -0.311 e. The molecule has 1 aliphatic carbocycles. The van der Waals surface area contributed by atoms with Crippen LogP contribution in [0, 0.1) is 17.5 Å². The minimum absolute atomic E-state index is 0.192. The van der Waals surface area contributed by atoms with E-state index in [1.165, 1.54) is 23.1 Å². The summed E-state index contributed by atoms with van der Waals surface area (Å²) in [5, 5.41) is 0. The van der Waals surface area contributed by atoms with Gasteiger partial charge >= 0.3 is 0 Å². The molecule has 0 N–H and O–H groups in total. The lowest BCUT2D eigenvalue weighted by Crippen LogP contribution is -2.50. The van der Waals surface area contributed by atoms with Crippen molar-refractivity contribution in [3.63, 3.8) is 0 Å². The Bertz CT molecular complexity index is 829. The molecule has 24 heavy (non-hydrogen) atoms. The molecule has 0 bridgehead atoms. The van der Waals surface area contributed by atoms with Crippen molar-refractivity contribution in [2.75, 3.05) is 11.4 Å². The second-order valence-electron chi connectivity index (χ2n) is 6.54. The fraction of sp³-hybridized carbons (Fsp3) is 0.316. The first-order valence-electron chi connectivity index (χ1n) is 8.07. The first-order valence-corrected chi connectivity index (χ1v) is 8.07. The number of anilines is 1. The summed E-state index contributed by atoms with van der Waals surface area (Å²) in [5.74, 6) is -1.89. The topological polar surface area (TPSA) is 20.3 Å². The zero-order chi connectivity index (χ0) is 16.9. The number of hydrogen-bond donors (Lipinski definition) is 0. The SMILES string of the molecule is O=C(N1CCc2c(F)cc(F)cc21)C1(c2cccc(F)c2)CCC1. The van der Waals surface area contributed by atoms with Gasteiger partial charge in [-0.05, 0) is 43.0 Å². The Morgan fingerprint density at radius 1 is 1.04 bits per heavy atom. The molecule has 1 aliphatic heterocycles. The Labute approximate surface area is 137 Å². The summed E-state index contributed by atoms with van der Waals surface area (Å²) in [5.41, 5.74) is 0.537. The van der Waals surface area contributed by atoms with Gasteiger partial charge in [-0.3, -0.25) is 4.79 Å². The Morgan fingerprint density at radius 2 is 1.83 bits per heavy atom. The number of nitrogens with zero attached hydrogens (tertiary/aromatic N) is 1. The molecule has 2 nitrogen and oxygen atoms in total. The van der Waals surface area contributed by atoms with Gasteiger partial charge in [-0.15, -0.1) is 0 Å². The summed E-state index contributed by atoms with van der Waals surface area (Å²) in [6.07, 6.45) is 2.49. The summed E-state index contributed by atoms with van der Waals surface area (Å²) in [6, 6.07) is 8.13. The van der Waals surface area contributed by atoms with Crippen LogP contribution in [0.3, 0.4) is 0 Å². The lowest BCUT2D eigenvalue weighted by atomic mass is 9.63. The van der Waals surface area contributed by atoms with E-state index in [4.69, 9.17) is 0 Å². The van der Waals surface area contributed by atoms with Crippen molar-refractivity contribution in [2.24, 2.45) is 0 Å². The van der Waals surface area contributed by atoms with Crippen LogP contribution in [0.4, 0.5) is 18.9 Å². The van der Waals surface area contributed by atoms with E-state index in [0.29, 0.717) is 42.6 Å². The van der Waals surface area contributed by atoms with Crippen LogP contribution in [-0.2, 0) is 16.6 Å². The van der Waals surface area contributed by atoms with Crippen molar-refractivity contribution < 1.29 is 18.0 Å². The molecule has 0 atom stereocenters. The molecule has 2 aromatic rings. The average molecular weight is 331 g/mol. The predicted molar refractivity (Wildman–Crippen MR) is 84.3 cm³/mol. The normalized spacial score (nSPS) is 18.2. The molecule has 0 aromatic heterocycles. The number of carbonyl (C=O) groups excluding carboxylic acids is 1. The monoisotopic (exact) mass is 331 g/mol. The molecule has 0 radical (unpaired) electrons.